The summed E-state index contributed by atoms with van der Waals surface area (Å²) in [5.41, 5.74) is 3.75. The SMILES string of the molecule is CCOCn1c(SC)nc(Cc2ccccc2)c1CC. The monoisotopic (exact) mass is 290 g/mol. The van der Waals surface area contributed by atoms with Gasteiger partial charge in [-0.05, 0) is 25.2 Å². The van der Waals surface area contributed by atoms with Crippen LogP contribution in [-0.4, -0.2) is 22.4 Å². The minimum atomic E-state index is 0.595. The molecular formula is C16H22N2OS. The lowest BCUT2D eigenvalue weighted by atomic mass is 10.1. The van der Waals surface area contributed by atoms with Crippen LogP contribution in [0.15, 0.2) is 35.5 Å². The van der Waals surface area contributed by atoms with E-state index in [1.165, 1.54) is 17.0 Å². The molecule has 0 saturated heterocycles. The molecule has 2 aromatic rings. The Labute approximate surface area is 125 Å². The molecular weight excluding hydrogens is 268 g/mol. The summed E-state index contributed by atoms with van der Waals surface area (Å²) in [5, 5.41) is 1.04. The molecule has 0 spiro atoms. The fraction of sp³-hybridized carbons (Fsp3) is 0.438. The quantitative estimate of drug-likeness (QED) is 0.727. The Morgan fingerprint density at radius 2 is 1.95 bits per heavy atom. The number of hydrogen-bond donors (Lipinski definition) is 0. The van der Waals surface area contributed by atoms with Gasteiger partial charge in [-0.3, -0.25) is 4.57 Å². The van der Waals surface area contributed by atoms with Crippen LogP contribution in [-0.2, 0) is 24.3 Å². The molecule has 20 heavy (non-hydrogen) atoms. The van der Waals surface area contributed by atoms with Gasteiger partial charge in [-0.15, -0.1) is 0 Å². The molecule has 0 bridgehead atoms. The van der Waals surface area contributed by atoms with Crippen molar-refractivity contribution in [3.05, 3.63) is 47.3 Å². The molecule has 1 aromatic heterocycles. The Morgan fingerprint density at radius 1 is 1.20 bits per heavy atom. The lowest BCUT2D eigenvalue weighted by molar-refractivity contribution is 0.0801. The molecule has 0 atom stereocenters. The van der Waals surface area contributed by atoms with Crippen molar-refractivity contribution in [1.82, 2.24) is 9.55 Å². The van der Waals surface area contributed by atoms with Gasteiger partial charge in [0.15, 0.2) is 5.16 Å². The normalized spacial score (nSPS) is 10.9. The van der Waals surface area contributed by atoms with Gasteiger partial charge in [-0.1, -0.05) is 49.0 Å². The smallest absolute Gasteiger partial charge is 0.170 e. The van der Waals surface area contributed by atoms with E-state index in [0.29, 0.717) is 6.73 Å². The molecule has 0 aliphatic rings. The summed E-state index contributed by atoms with van der Waals surface area (Å²) in [5.74, 6) is 0. The van der Waals surface area contributed by atoms with Gasteiger partial charge in [-0.25, -0.2) is 4.98 Å². The van der Waals surface area contributed by atoms with E-state index >= 15 is 0 Å². The number of nitrogens with zero attached hydrogens (tertiary/aromatic N) is 2. The molecule has 1 heterocycles. The van der Waals surface area contributed by atoms with E-state index in [2.05, 4.69) is 42.0 Å². The third-order valence-electron chi connectivity index (χ3n) is 3.28. The summed E-state index contributed by atoms with van der Waals surface area (Å²) >= 11 is 1.68. The highest BCUT2D eigenvalue weighted by Gasteiger charge is 2.15. The maximum absolute atomic E-state index is 5.58. The van der Waals surface area contributed by atoms with Gasteiger partial charge in [0.25, 0.3) is 0 Å². The maximum Gasteiger partial charge on any atom is 0.170 e. The van der Waals surface area contributed by atoms with Gasteiger partial charge in [0.1, 0.15) is 6.73 Å². The predicted octanol–water partition coefficient (Wildman–Crippen LogP) is 3.75. The molecule has 0 fully saturated rings. The van der Waals surface area contributed by atoms with Crippen molar-refractivity contribution in [3.8, 4) is 0 Å². The van der Waals surface area contributed by atoms with Crippen LogP contribution >= 0.6 is 11.8 Å². The molecule has 3 nitrogen and oxygen atoms in total. The van der Waals surface area contributed by atoms with Gasteiger partial charge >= 0.3 is 0 Å². The highest BCUT2D eigenvalue weighted by molar-refractivity contribution is 7.98. The number of rotatable bonds is 7. The highest BCUT2D eigenvalue weighted by Crippen LogP contribution is 2.22. The first-order chi connectivity index (χ1) is 9.80. The van der Waals surface area contributed by atoms with Crippen molar-refractivity contribution in [2.75, 3.05) is 12.9 Å². The third kappa shape index (κ3) is 3.44. The Bertz CT molecular complexity index is 537. The Kier molecular flexibility index (Phi) is 5.68. The van der Waals surface area contributed by atoms with Gasteiger partial charge in [0.2, 0.25) is 0 Å². The average Bonchev–Trinajstić information content (AvgIpc) is 2.82. The van der Waals surface area contributed by atoms with Crippen LogP contribution in [0.1, 0.15) is 30.8 Å². The van der Waals surface area contributed by atoms with Crippen LogP contribution in [0, 0.1) is 0 Å². The predicted molar refractivity (Wildman–Crippen MR) is 84.3 cm³/mol. The van der Waals surface area contributed by atoms with E-state index < -0.39 is 0 Å². The lowest BCUT2D eigenvalue weighted by Crippen LogP contribution is -2.08. The Morgan fingerprint density at radius 3 is 2.55 bits per heavy atom. The largest absolute Gasteiger partial charge is 0.361 e. The molecule has 0 saturated carbocycles. The molecule has 4 heteroatoms. The van der Waals surface area contributed by atoms with Crippen molar-refractivity contribution in [2.24, 2.45) is 0 Å². The second kappa shape index (κ2) is 7.50. The van der Waals surface area contributed by atoms with E-state index in [1.54, 1.807) is 11.8 Å². The number of ether oxygens (including phenoxy) is 1. The lowest BCUT2D eigenvalue weighted by Gasteiger charge is -2.10. The van der Waals surface area contributed by atoms with E-state index in [9.17, 15) is 0 Å². The van der Waals surface area contributed by atoms with E-state index in [-0.39, 0.29) is 0 Å². The van der Waals surface area contributed by atoms with Crippen LogP contribution < -0.4 is 0 Å². The Balaban J connectivity index is 2.30. The van der Waals surface area contributed by atoms with Crippen LogP contribution in [0.3, 0.4) is 0 Å². The van der Waals surface area contributed by atoms with Crippen LogP contribution in [0.5, 0.6) is 0 Å². The van der Waals surface area contributed by atoms with Gasteiger partial charge < -0.3 is 4.74 Å². The third-order valence-corrected chi connectivity index (χ3v) is 3.95. The summed E-state index contributed by atoms with van der Waals surface area (Å²) in [7, 11) is 0. The van der Waals surface area contributed by atoms with Gasteiger partial charge in [-0.2, -0.15) is 0 Å². The van der Waals surface area contributed by atoms with Crippen molar-refractivity contribution in [2.45, 2.75) is 38.6 Å². The second-order valence-corrected chi connectivity index (χ2v) is 5.33. The minimum Gasteiger partial charge on any atom is -0.361 e. The summed E-state index contributed by atoms with van der Waals surface area (Å²) in [4.78, 5) is 4.79. The summed E-state index contributed by atoms with van der Waals surface area (Å²) in [6.45, 7) is 5.52. The van der Waals surface area contributed by atoms with Gasteiger partial charge in [0.05, 0.1) is 5.69 Å². The van der Waals surface area contributed by atoms with Crippen molar-refractivity contribution in [1.29, 1.82) is 0 Å². The number of benzene rings is 1. The maximum atomic E-state index is 5.58. The molecule has 0 amide bonds. The zero-order chi connectivity index (χ0) is 14.4. The number of imidazole rings is 1. The van der Waals surface area contributed by atoms with Crippen LogP contribution in [0.25, 0.3) is 0 Å². The van der Waals surface area contributed by atoms with Crippen molar-refractivity contribution in [3.63, 3.8) is 0 Å². The first-order valence-electron chi connectivity index (χ1n) is 7.04. The van der Waals surface area contributed by atoms with Crippen molar-refractivity contribution < 1.29 is 4.74 Å². The zero-order valence-corrected chi connectivity index (χ0v) is 13.2. The van der Waals surface area contributed by atoms with Crippen LogP contribution in [0.4, 0.5) is 0 Å². The summed E-state index contributed by atoms with van der Waals surface area (Å²) in [6, 6.07) is 10.5. The van der Waals surface area contributed by atoms with E-state index in [4.69, 9.17) is 9.72 Å². The topological polar surface area (TPSA) is 27.1 Å². The van der Waals surface area contributed by atoms with E-state index in [0.717, 1.165) is 24.6 Å². The molecule has 2 rings (SSSR count). The van der Waals surface area contributed by atoms with Crippen molar-refractivity contribution >= 4 is 11.8 Å². The standard InChI is InChI=1S/C16H22N2OS/c1-4-15-14(11-13-9-7-6-8-10-13)17-16(20-3)18(15)12-19-5-2/h6-10H,4-5,11-12H2,1-3H3. The molecule has 1 aromatic carbocycles. The molecule has 0 radical (unpaired) electrons. The average molecular weight is 290 g/mol. The molecule has 108 valence electrons. The van der Waals surface area contributed by atoms with E-state index in [1.807, 2.05) is 13.0 Å². The molecule has 0 unspecified atom stereocenters. The number of aromatic nitrogens is 2. The first-order valence-corrected chi connectivity index (χ1v) is 8.26. The highest BCUT2D eigenvalue weighted by atomic mass is 32.2. The van der Waals surface area contributed by atoms with Crippen LogP contribution in [0.2, 0.25) is 0 Å². The number of thioether (sulfide) groups is 1. The first kappa shape index (κ1) is 15.1. The van der Waals surface area contributed by atoms with Gasteiger partial charge in [0, 0.05) is 18.7 Å². The fourth-order valence-electron chi connectivity index (χ4n) is 2.31. The zero-order valence-electron chi connectivity index (χ0n) is 12.4. The fourth-order valence-corrected chi connectivity index (χ4v) is 2.89. The summed E-state index contributed by atoms with van der Waals surface area (Å²) in [6.07, 6.45) is 3.93. The molecule has 0 aliphatic carbocycles. The molecule has 0 aliphatic heterocycles. The minimum absolute atomic E-state index is 0.595. The summed E-state index contributed by atoms with van der Waals surface area (Å²) < 4.78 is 7.78. The Hall–Kier alpha value is -1.26. The second-order valence-electron chi connectivity index (χ2n) is 4.56. The molecule has 0 N–H and O–H groups in total. The number of hydrogen-bond acceptors (Lipinski definition) is 3.